The molecule has 0 radical (unpaired) electrons. The molecule has 0 bridgehead atoms. The summed E-state index contributed by atoms with van der Waals surface area (Å²) in [6.45, 7) is 5.56. The van der Waals surface area contributed by atoms with Crippen molar-refractivity contribution < 1.29 is 24.3 Å². The number of amides is 2. The molecule has 210 valence electrons. The molecule has 4 rings (SSSR count). The molecule has 2 amide bonds. The van der Waals surface area contributed by atoms with Crippen LogP contribution >= 0.6 is 11.9 Å². The van der Waals surface area contributed by atoms with E-state index in [0.717, 1.165) is 47.2 Å². The van der Waals surface area contributed by atoms with E-state index in [1.54, 1.807) is 25.2 Å². The number of hydroxylamine groups is 1. The van der Waals surface area contributed by atoms with Gasteiger partial charge in [-0.2, -0.15) is 0 Å². The predicted octanol–water partition coefficient (Wildman–Crippen LogP) is 4.81. The van der Waals surface area contributed by atoms with Crippen molar-refractivity contribution in [1.82, 2.24) is 19.8 Å². The van der Waals surface area contributed by atoms with Crippen LogP contribution in [0.15, 0.2) is 53.4 Å². The molecule has 39 heavy (non-hydrogen) atoms. The van der Waals surface area contributed by atoms with E-state index in [1.807, 2.05) is 48.5 Å². The van der Waals surface area contributed by atoms with Crippen molar-refractivity contribution in [1.29, 1.82) is 0 Å². The van der Waals surface area contributed by atoms with Gasteiger partial charge in [0, 0.05) is 4.90 Å². The van der Waals surface area contributed by atoms with Gasteiger partial charge in [-0.05, 0) is 75.7 Å². The Kier molecular flexibility index (Phi) is 9.84. The number of carbonyl (C=O) groups excluding carboxylic acids is 2. The molecular weight excluding hydrogens is 518 g/mol. The molecule has 0 spiro atoms. The van der Waals surface area contributed by atoms with Crippen LogP contribution in [0.1, 0.15) is 52.0 Å². The van der Waals surface area contributed by atoms with Crippen LogP contribution in [0.4, 0.5) is 10.7 Å². The Hall–Kier alpha value is -3.12. The van der Waals surface area contributed by atoms with Gasteiger partial charge in [0.2, 0.25) is 12.4 Å². The molecule has 1 aromatic heterocycles. The number of ether oxygens (including phenoxy) is 1. The highest BCUT2D eigenvalue weighted by molar-refractivity contribution is 7.97. The van der Waals surface area contributed by atoms with Crippen molar-refractivity contribution >= 4 is 41.4 Å². The SMILES string of the molecule is CC(C)(C)OC(=O)NC(Cc1ccccc1)[C@H](O)CN(OC1CCCC1)Sc1ccc2nc(NC=O)[nH]c2c1. The Balaban J connectivity index is 1.51. The molecule has 1 heterocycles. The normalized spacial score (nSPS) is 15.8. The van der Waals surface area contributed by atoms with Crippen LogP contribution in [0.5, 0.6) is 0 Å². The number of H-pyrrole nitrogens is 1. The van der Waals surface area contributed by atoms with Crippen molar-refractivity contribution in [2.24, 2.45) is 0 Å². The Morgan fingerprint density at radius 3 is 2.67 bits per heavy atom. The number of imidazole rings is 1. The number of alkyl carbamates (subject to hydrolysis) is 1. The summed E-state index contributed by atoms with van der Waals surface area (Å²) in [5.41, 5.74) is 1.81. The van der Waals surface area contributed by atoms with Crippen LogP contribution in [0.3, 0.4) is 0 Å². The summed E-state index contributed by atoms with van der Waals surface area (Å²) in [4.78, 5) is 38.0. The molecule has 0 saturated heterocycles. The van der Waals surface area contributed by atoms with E-state index < -0.39 is 23.8 Å². The standard InChI is InChI=1S/C28H37N5O5S/c1-28(2,3)37-27(36)32-24(15-19-9-5-4-6-10-19)25(35)17-33(38-20-11-7-8-12-20)39-21-13-14-22-23(16-21)31-26(30-22)29-18-34/h4-6,9-10,13-14,16,18,20,24-25,35H,7-8,11-12,15,17H2,1-3H3,(H,32,36)(H2,29,30,31,34)/t24?,25-/m1/s1. The van der Waals surface area contributed by atoms with Gasteiger partial charge in [0.15, 0.2) is 0 Å². The van der Waals surface area contributed by atoms with Gasteiger partial charge < -0.3 is 20.1 Å². The largest absolute Gasteiger partial charge is 0.444 e. The number of carbonyl (C=O) groups is 2. The lowest BCUT2D eigenvalue weighted by Crippen LogP contribution is -2.50. The lowest BCUT2D eigenvalue weighted by molar-refractivity contribution is -0.138. The zero-order valence-electron chi connectivity index (χ0n) is 22.6. The third-order valence-corrected chi connectivity index (χ3v) is 7.13. The molecule has 1 unspecified atom stereocenters. The third-order valence-electron chi connectivity index (χ3n) is 6.23. The van der Waals surface area contributed by atoms with Gasteiger partial charge in [0.05, 0.1) is 35.8 Å². The summed E-state index contributed by atoms with van der Waals surface area (Å²) in [5.74, 6) is 0.369. The minimum absolute atomic E-state index is 0.0652. The summed E-state index contributed by atoms with van der Waals surface area (Å²) in [6, 6.07) is 14.8. The summed E-state index contributed by atoms with van der Waals surface area (Å²) >= 11 is 1.36. The predicted molar refractivity (Wildman–Crippen MR) is 151 cm³/mol. The number of nitrogens with one attached hydrogen (secondary N) is 3. The van der Waals surface area contributed by atoms with Crippen LogP contribution < -0.4 is 10.6 Å². The van der Waals surface area contributed by atoms with Crippen LogP contribution in [0.25, 0.3) is 11.0 Å². The number of fused-ring (bicyclic) bond motifs is 1. The molecule has 2 aromatic carbocycles. The first kappa shape index (κ1) is 28.9. The van der Waals surface area contributed by atoms with E-state index in [1.165, 1.54) is 11.9 Å². The van der Waals surface area contributed by atoms with Crippen molar-refractivity contribution in [3.05, 3.63) is 54.1 Å². The molecule has 1 aliphatic rings. The van der Waals surface area contributed by atoms with Crippen molar-refractivity contribution in [2.45, 2.75) is 81.6 Å². The molecule has 4 N–H and O–H groups in total. The maximum Gasteiger partial charge on any atom is 0.407 e. The maximum atomic E-state index is 12.7. The van der Waals surface area contributed by atoms with Gasteiger partial charge in [-0.3, -0.25) is 14.9 Å². The Morgan fingerprint density at radius 1 is 1.23 bits per heavy atom. The fourth-order valence-electron chi connectivity index (χ4n) is 4.44. The molecular formula is C28H37N5O5S. The quantitative estimate of drug-likeness (QED) is 0.142. The number of benzene rings is 2. The number of hydrogen-bond donors (Lipinski definition) is 4. The number of aliphatic hydroxyl groups excluding tert-OH is 1. The Labute approximate surface area is 232 Å². The van der Waals surface area contributed by atoms with Gasteiger partial charge in [-0.1, -0.05) is 43.2 Å². The zero-order valence-corrected chi connectivity index (χ0v) is 23.4. The lowest BCUT2D eigenvalue weighted by Gasteiger charge is -2.31. The first-order valence-electron chi connectivity index (χ1n) is 13.2. The number of aromatic amines is 1. The topological polar surface area (TPSA) is 129 Å². The second-order valence-corrected chi connectivity index (χ2v) is 11.7. The van der Waals surface area contributed by atoms with Crippen LogP contribution in [-0.4, -0.2) is 62.4 Å². The number of aliphatic hydroxyl groups is 1. The van der Waals surface area contributed by atoms with Crippen LogP contribution in [0, 0.1) is 0 Å². The highest BCUT2D eigenvalue weighted by atomic mass is 32.2. The van der Waals surface area contributed by atoms with Gasteiger partial charge in [-0.15, -0.1) is 4.47 Å². The van der Waals surface area contributed by atoms with Crippen molar-refractivity contribution in [3.8, 4) is 0 Å². The molecule has 2 atom stereocenters. The number of anilines is 1. The maximum absolute atomic E-state index is 12.7. The fraction of sp³-hybridized carbons (Fsp3) is 0.464. The molecule has 1 fully saturated rings. The molecule has 11 heteroatoms. The number of hydrogen-bond acceptors (Lipinski definition) is 8. The van der Waals surface area contributed by atoms with E-state index in [9.17, 15) is 14.7 Å². The monoisotopic (exact) mass is 555 g/mol. The van der Waals surface area contributed by atoms with Crippen molar-refractivity contribution in [2.75, 3.05) is 11.9 Å². The first-order valence-corrected chi connectivity index (χ1v) is 14.0. The second-order valence-electron chi connectivity index (χ2n) is 10.7. The number of aromatic nitrogens is 2. The van der Waals surface area contributed by atoms with E-state index in [-0.39, 0.29) is 12.6 Å². The van der Waals surface area contributed by atoms with Gasteiger partial charge in [0.1, 0.15) is 5.60 Å². The minimum Gasteiger partial charge on any atom is -0.444 e. The Bertz CT molecular complexity index is 1230. The van der Waals surface area contributed by atoms with E-state index in [4.69, 9.17) is 9.57 Å². The fourth-order valence-corrected chi connectivity index (χ4v) is 5.37. The van der Waals surface area contributed by atoms with E-state index in [2.05, 4.69) is 20.6 Å². The van der Waals surface area contributed by atoms with E-state index in [0.29, 0.717) is 18.8 Å². The molecule has 0 aliphatic heterocycles. The summed E-state index contributed by atoms with van der Waals surface area (Å²) in [6.07, 6.45) is 3.65. The summed E-state index contributed by atoms with van der Waals surface area (Å²) in [5, 5.41) is 16.8. The van der Waals surface area contributed by atoms with E-state index >= 15 is 0 Å². The molecule has 10 nitrogen and oxygen atoms in total. The lowest BCUT2D eigenvalue weighted by atomic mass is 10.0. The summed E-state index contributed by atoms with van der Waals surface area (Å²) < 4.78 is 7.18. The second kappa shape index (κ2) is 13.3. The molecule has 1 saturated carbocycles. The highest BCUT2D eigenvalue weighted by Crippen LogP contribution is 2.31. The Morgan fingerprint density at radius 2 is 1.97 bits per heavy atom. The zero-order chi connectivity index (χ0) is 27.8. The van der Waals surface area contributed by atoms with Gasteiger partial charge >= 0.3 is 6.09 Å². The third kappa shape index (κ3) is 8.96. The average molecular weight is 556 g/mol. The average Bonchev–Trinajstić information content (AvgIpc) is 3.52. The van der Waals surface area contributed by atoms with Crippen LogP contribution in [0.2, 0.25) is 0 Å². The number of nitrogens with zero attached hydrogens (tertiary/aromatic N) is 2. The first-order chi connectivity index (χ1) is 18.7. The molecule has 1 aliphatic carbocycles. The van der Waals surface area contributed by atoms with Gasteiger partial charge in [-0.25, -0.2) is 9.78 Å². The van der Waals surface area contributed by atoms with Crippen molar-refractivity contribution in [3.63, 3.8) is 0 Å². The molecule has 3 aromatic rings. The number of rotatable bonds is 12. The van der Waals surface area contributed by atoms with Gasteiger partial charge in [0.25, 0.3) is 0 Å². The minimum atomic E-state index is -0.953. The summed E-state index contributed by atoms with van der Waals surface area (Å²) in [7, 11) is 0. The smallest absolute Gasteiger partial charge is 0.407 e. The highest BCUT2D eigenvalue weighted by Gasteiger charge is 2.29. The van der Waals surface area contributed by atoms with Crippen LogP contribution in [-0.2, 0) is 20.8 Å².